The Morgan fingerprint density at radius 1 is 1.09 bits per heavy atom. The van der Waals surface area contributed by atoms with Gasteiger partial charge in [0.2, 0.25) is 21.8 Å². The molecular weight excluding hydrogens is 493 g/mol. The largest absolute Gasteiger partial charge is 0.354 e. The zero-order chi connectivity index (χ0) is 26.0. The minimum atomic E-state index is -3.64. The number of benzene rings is 2. The summed E-state index contributed by atoms with van der Waals surface area (Å²) in [5, 5.41) is 3.34. The molecule has 10 heteroatoms. The third kappa shape index (κ3) is 8.81. The van der Waals surface area contributed by atoms with Crippen molar-refractivity contribution in [3.05, 3.63) is 64.9 Å². The van der Waals surface area contributed by atoms with Gasteiger partial charge < -0.3 is 10.2 Å². The number of sulfonamides is 1. The van der Waals surface area contributed by atoms with Crippen molar-refractivity contribution in [1.82, 2.24) is 10.2 Å². The smallest absolute Gasteiger partial charge is 0.242 e. The lowest BCUT2D eigenvalue weighted by atomic mass is 10.1. The number of rotatable bonds is 13. The standard InChI is InChI=1S/C25H33ClFN3O4S/c1-4-5-16-28-25(32)19(2)29(18-20-9-6-7-10-23(20)26)24(31)11-8-17-30(35(3,33)34)22-14-12-21(27)13-15-22/h6-7,9-10,12-15,19H,4-5,8,11,16-18H2,1-3H3,(H,28,32). The van der Waals surface area contributed by atoms with Crippen molar-refractivity contribution in [3.8, 4) is 0 Å². The number of carbonyl (C=O) groups excluding carboxylic acids is 2. The first-order valence-electron chi connectivity index (χ1n) is 11.6. The van der Waals surface area contributed by atoms with E-state index in [2.05, 4.69) is 5.32 Å². The van der Waals surface area contributed by atoms with Gasteiger partial charge in [-0.05, 0) is 55.7 Å². The number of nitrogens with one attached hydrogen (secondary N) is 1. The number of carbonyl (C=O) groups is 2. The van der Waals surface area contributed by atoms with Gasteiger partial charge in [0.15, 0.2) is 0 Å². The predicted molar refractivity (Wildman–Crippen MR) is 137 cm³/mol. The summed E-state index contributed by atoms with van der Waals surface area (Å²) in [4.78, 5) is 27.4. The van der Waals surface area contributed by atoms with Crippen LogP contribution in [0.5, 0.6) is 0 Å². The number of hydrogen-bond acceptors (Lipinski definition) is 4. The molecule has 0 aliphatic carbocycles. The van der Waals surface area contributed by atoms with Gasteiger partial charge in [0.05, 0.1) is 11.9 Å². The zero-order valence-electron chi connectivity index (χ0n) is 20.3. The molecule has 2 amide bonds. The lowest BCUT2D eigenvalue weighted by Gasteiger charge is -2.29. The molecule has 0 aromatic heterocycles. The Hall–Kier alpha value is -2.65. The number of amides is 2. The predicted octanol–water partition coefficient (Wildman–Crippen LogP) is 4.36. The third-order valence-corrected chi connectivity index (χ3v) is 7.12. The summed E-state index contributed by atoms with van der Waals surface area (Å²) in [5.74, 6) is -1.03. The summed E-state index contributed by atoms with van der Waals surface area (Å²) in [6.07, 6.45) is 3.06. The van der Waals surface area contributed by atoms with Gasteiger partial charge in [-0.25, -0.2) is 12.8 Å². The van der Waals surface area contributed by atoms with Crippen LogP contribution in [0.2, 0.25) is 5.02 Å². The van der Waals surface area contributed by atoms with Crippen molar-refractivity contribution >= 4 is 39.1 Å². The molecule has 1 atom stereocenters. The molecule has 0 aliphatic heterocycles. The average molecular weight is 526 g/mol. The molecule has 0 saturated heterocycles. The molecular formula is C25H33ClFN3O4S. The summed E-state index contributed by atoms with van der Waals surface area (Å²) in [6, 6.07) is 11.5. The highest BCUT2D eigenvalue weighted by Crippen LogP contribution is 2.21. The molecule has 0 bridgehead atoms. The highest BCUT2D eigenvalue weighted by Gasteiger charge is 2.27. The lowest BCUT2D eigenvalue weighted by Crippen LogP contribution is -2.48. The fraction of sp³-hybridized carbons (Fsp3) is 0.440. The van der Waals surface area contributed by atoms with Crippen molar-refractivity contribution in [1.29, 1.82) is 0 Å². The Morgan fingerprint density at radius 2 is 1.74 bits per heavy atom. The molecule has 35 heavy (non-hydrogen) atoms. The average Bonchev–Trinajstić information content (AvgIpc) is 2.81. The minimum absolute atomic E-state index is 0.0181. The van der Waals surface area contributed by atoms with Crippen LogP contribution < -0.4 is 9.62 Å². The molecule has 7 nitrogen and oxygen atoms in total. The van der Waals surface area contributed by atoms with Crippen LogP contribution in [0.1, 0.15) is 45.1 Å². The van der Waals surface area contributed by atoms with E-state index >= 15 is 0 Å². The first kappa shape index (κ1) is 28.6. The van der Waals surface area contributed by atoms with E-state index in [0.29, 0.717) is 22.8 Å². The summed E-state index contributed by atoms with van der Waals surface area (Å²) in [6.45, 7) is 4.39. The van der Waals surface area contributed by atoms with Crippen LogP contribution in [0, 0.1) is 5.82 Å². The minimum Gasteiger partial charge on any atom is -0.354 e. The van der Waals surface area contributed by atoms with Gasteiger partial charge in [-0.3, -0.25) is 13.9 Å². The third-order valence-electron chi connectivity index (χ3n) is 5.56. The van der Waals surface area contributed by atoms with E-state index in [0.717, 1.165) is 23.4 Å². The Balaban J connectivity index is 2.14. The maximum Gasteiger partial charge on any atom is 0.242 e. The van der Waals surface area contributed by atoms with Crippen LogP contribution in [0.4, 0.5) is 10.1 Å². The van der Waals surface area contributed by atoms with Crippen molar-refractivity contribution in [2.24, 2.45) is 0 Å². The van der Waals surface area contributed by atoms with E-state index in [-0.39, 0.29) is 37.7 Å². The number of nitrogens with zero attached hydrogens (tertiary/aromatic N) is 2. The molecule has 2 aromatic carbocycles. The maximum absolute atomic E-state index is 13.3. The summed E-state index contributed by atoms with van der Waals surface area (Å²) in [7, 11) is -3.64. The molecule has 0 saturated carbocycles. The SMILES string of the molecule is CCCCNC(=O)C(C)N(Cc1ccccc1Cl)C(=O)CCCN(c1ccc(F)cc1)S(C)(=O)=O. The molecule has 0 aliphatic rings. The van der Waals surface area contributed by atoms with Crippen molar-refractivity contribution in [3.63, 3.8) is 0 Å². The van der Waals surface area contributed by atoms with E-state index in [1.54, 1.807) is 25.1 Å². The fourth-order valence-corrected chi connectivity index (χ4v) is 4.70. The van der Waals surface area contributed by atoms with E-state index in [1.807, 2.05) is 13.0 Å². The highest BCUT2D eigenvalue weighted by atomic mass is 35.5. The normalized spacial score (nSPS) is 12.1. The van der Waals surface area contributed by atoms with Crippen molar-refractivity contribution in [2.45, 2.75) is 52.1 Å². The second-order valence-corrected chi connectivity index (χ2v) is 10.7. The molecule has 2 aromatic rings. The van der Waals surface area contributed by atoms with Gasteiger partial charge in [-0.1, -0.05) is 43.1 Å². The second-order valence-electron chi connectivity index (χ2n) is 8.35. The number of halogens is 2. The highest BCUT2D eigenvalue weighted by molar-refractivity contribution is 7.92. The van der Waals surface area contributed by atoms with Crippen LogP contribution in [0.3, 0.4) is 0 Å². The van der Waals surface area contributed by atoms with Gasteiger partial charge >= 0.3 is 0 Å². The zero-order valence-corrected chi connectivity index (χ0v) is 21.9. The van der Waals surface area contributed by atoms with Crippen molar-refractivity contribution in [2.75, 3.05) is 23.7 Å². The number of hydrogen-bond donors (Lipinski definition) is 1. The molecule has 0 spiro atoms. The lowest BCUT2D eigenvalue weighted by molar-refractivity contribution is -0.140. The number of unbranched alkanes of at least 4 members (excludes halogenated alkanes) is 1. The van der Waals surface area contributed by atoms with Gasteiger partial charge in [0, 0.05) is 31.1 Å². The molecule has 1 unspecified atom stereocenters. The number of anilines is 1. The summed E-state index contributed by atoms with van der Waals surface area (Å²) < 4.78 is 39.0. The molecule has 2 rings (SSSR count). The monoisotopic (exact) mass is 525 g/mol. The molecule has 1 N–H and O–H groups in total. The summed E-state index contributed by atoms with van der Waals surface area (Å²) in [5.41, 5.74) is 1.03. The molecule has 0 heterocycles. The Labute approximate surface area is 212 Å². The van der Waals surface area contributed by atoms with E-state index in [4.69, 9.17) is 11.6 Å². The van der Waals surface area contributed by atoms with Crippen LogP contribution in [0.15, 0.2) is 48.5 Å². The molecule has 0 fully saturated rings. The quantitative estimate of drug-likeness (QED) is 0.394. The van der Waals surface area contributed by atoms with Crippen LogP contribution in [-0.2, 0) is 26.2 Å². The van der Waals surface area contributed by atoms with Gasteiger partial charge in [0.25, 0.3) is 0 Å². The van der Waals surface area contributed by atoms with E-state index in [1.165, 1.54) is 29.2 Å². The maximum atomic E-state index is 13.3. The summed E-state index contributed by atoms with van der Waals surface area (Å²) >= 11 is 6.30. The topological polar surface area (TPSA) is 86.8 Å². The Morgan fingerprint density at radius 3 is 2.34 bits per heavy atom. The van der Waals surface area contributed by atoms with Crippen LogP contribution in [-0.4, -0.2) is 50.5 Å². The van der Waals surface area contributed by atoms with E-state index in [9.17, 15) is 22.4 Å². The van der Waals surface area contributed by atoms with Gasteiger partial charge in [0.1, 0.15) is 11.9 Å². The Kier molecular flexibility index (Phi) is 11.0. The van der Waals surface area contributed by atoms with E-state index < -0.39 is 21.9 Å². The first-order valence-corrected chi connectivity index (χ1v) is 13.8. The van der Waals surface area contributed by atoms with Crippen LogP contribution >= 0.6 is 11.6 Å². The van der Waals surface area contributed by atoms with Gasteiger partial charge in [-0.15, -0.1) is 0 Å². The Bertz CT molecular complexity index is 1100. The van der Waals surface area contributed by atoms with Crippen LogP contribution in [0.25, 0.3) is 0 Å². The first-order chi connectivity index (χ1) is 16.5. The fourth-order valence-electron chi connectivity index (χ4n) is 3.54. The second kappa shape index (κ2) is 13.4. The van der Waals surface area contributed by atoms with Crippen molar-refractivity contribution < 1.29 is 22.4 Å². The van der Waals surface area contributed by atoms with Gasteiger partial charge in [-0.2, -0.15) is 0 Å². The molecule has 0 radical (unpaired) electrons. The molecule has 192 valence electrons.